The molecule has 0 saturated heterocycles. The standard InChI is InChI=1S/C35H32Cl2OS2/c1-34(2,3)26-19-23(20-27(33(26)38)35(4,5)6)32(30-17-15-28(39-30)21-7-11-24(36)12-8-21)31-18-16-29(40-31)22-9-13-25(37)14-10-22/h7-20H,1-6H3. The molecule has 4 aromatic rings. The van der Waals surface area contributed by atoms with Gasteiger partial charge < -0.3 is 0 Å². The highest BCUT2D eigenvalue weighted by Crippen LogP contribution is 2.45. The zero-order chi connectivity index (χ0) is 28.8. The number of thiophene rings is 2. The summed E-state index contributed by atoms with van der Waals surface area (Å²) < 4.78 is 0. The molecule has 0 unspecified atom stereocenters. The van der Waals surface area contributed by atoms with Crippen molar-refractivity contribution in [3.8, 4) is 20.9 Å². The Balaban J connectivity index is 1.75. The van der Waals surface area contributed by atoms with Crippen LogP contribution in [-0.4, -0.2) is 5.78 Å². The Morgan fingerprint density at radius 3 is 1.30 bits per heavy atom. The van der Waals surface area contributed by atoms with E-state index in [-0.39, 0.29) is 16.6 Å². The smallest absolute Gasteiger partial charge is 0.186 e. The van der Waals surface area contributed by atoms with Gasteiger partial charge in [-0.05, 0) is 88.2 Å². The maximum Gasteiger partial charge on any atom is 0.186 e. The van der Waals surface area contributed by atoms with Gasteiger partial charge in [0.1, 0.15) is 0 Å². The second-order valence-corrected chi connectivity index (χ2v) is 15.2. The van der Waals surface area contributed by atoms with Gasteiger partial charge in [-0.15, -0.1) is 22.7 Å². The molecule has 2 aromatic heterocycles. The highest BCUT2D eigenvalue weighted by atomic mass is 35.5. The van der Waals surface area contributed by atoms with E-state index in [1.807, 2.05) is 24.3 Å². The fourth-order valence-electron chi connectivity index (χ4n) is 4.78. The number of allylic oxidation sites excluding steroid dienone is 5. The van der Waals surface area contributed by atoms with Crippen LogP contribution in [0.3, 0.4) is 0 Å². The second kappa shape index (κ2) is 10.9. The lowest BCUT2D eigenvalue weighted by molar-refractivity contribution is -0.114. The Bertz CT molecular complexity index is 1540. The summed E-state index contributed by atoms with van der Waals surface area (Å²) in [4.78, 5) is 18.4. The lowest BCUT2D eigenvalue weighted by Crippen LogP contribution is -2.28. The number of halogens is 2. The number of rotatable bonds is 4. The van der Waals surface area contributed by atoms with Crippen LogP contribution in [0, 0.1) is 10.8 Å². The van der Waals surface area contributed by atoms with Crippen molar-refractivity contribution in [2.24, 2.45) is 10.8 Å². The third-order valence-electron chi connectivity index (χ3n) is 6.96. The molecule has 40 heavy (non-hydrogen) atoms. The molecule has 0 bridgehead atoms. The van der Waals surface area contributed by atoms with E-state index in [1.54, 1.807) is 22.7 Å². The predicted molar refractivity (Wildman–Crippen MR) is 176 cm³/mol. The van der Waals surface area contributed by atoms with E-state index >= 15 is 0 Å². The minimum atomic E-state index is -0.286. The Morgan fingerprint density at radius 1 is 0.575 bits per heavy atom. The molecule has 0 radical (unpaired) electrons. The number of Topliss-reactive ketones (excluding diaryl/α,β-unsaturated/α-hetero) is 1. The Labute approximate surface area is 255 Å². The summed E-state index contributed by atoms with van der Waals surface area (Å²) in [6.45, 7) is 12.7. The van der Waals surface area contributed by atoms with E-state index in [0.29, 0.717) is 0 Å². The highest BCUT2D eigenvalue weighted by molar-refractivity contribution is 7.19. The number of carbonyl (C=O) groups excluding carboxylic acids is 1. The van der Waals surface area contributed by atoms with Gasteiger partial charge in [0.25, 0.3) is 0 Å². The molecule has 0 spiro atoms. The molecule has 5 rings (SSSR count). The van der Waals surface area contributed by atoms with E-state index in [2.05, 4.69) is 102 Å². The quantitative estimate of drug-likeness (QED) is 0.227. The van der Waals surface area contributed by atoms with Crippen molar-refractivity contribution in [2.45, 2.75) is 41.5 Å². The van der Waals surface area contributed by atoms with Gasteiger partial charge in [0.15, 0.2) is 5.78 Å². The summed E-state index contributed by atoms with van der Waals surface area (Å²) in [6.07, 6.45) is 4.24. The molecule has 0 saturated carbocycles. The Kier molecular flexibility index (Phi) is 7.89. The molecule has 1 aliphatic rings. The van der Waals surface area contributed by atoms with Crippen LogP contribution in [0.15, 0.2) is 102 Å². The second-order valence-electron chi connectivity index (χ2n) is 12.1. The van der Waals surface area contributed by atoms with Crippen molar-refractivity contribution in [3.05, 3.63) is 121 Å². The van der Waals surface area contributed by atoms with Gasteiger partial charge in [-0.3, -0.25) is 4.79 Å². The zero-order valence-corrected chi connectivity index (χ0v) is 26.7. The van der Waals surface area contributed by atoms with E-state index in [1.165, 1.54) is 9.75 Å². The first kappa shape index (κ1) is 28.8. The molecule has 1 nitrogen and oxygen atoms in total. The van der Waals surface area contributed by atoms with Crippen LogP contribution in [0.1, 0.15) is 51.3 Å². The molecular weight excluding hydrogens is 571 g/mol. The third kappa shape index (κ3) is 5.99. The topological polar surface area (TPSA) is 17.1 Å². The van der Waals surface area contributed by atoms with Gasteiger partial charge in [0, 0.05) is 46.3 Å². The van der Waals surface area contributed by atoms with Crippen molar-refractivity contribution >= 4 is 57.2 Å². The van der Waals surface area contributed by atoms with E-state index < -0.39 is 0 Å². The number of ketones is 1. The maximum atomic E-state index is 13.7. The molecule has 0 fully saturated rings. The van der Waals surface area contributed by atoms with E-state index in [4.69, 9.17) is 23.2 Å². The first-order chi connectivity index (χ1) is 18.8. The predicted octanol–water partition coefficient (Wildman–Crippen LogP) is 11.8. The summed E-state index contributed by atoms with van der Waals surface area (Å²) >= 11 is 15.8. The van der Waals surface area contributed by atoms with Crippen molar-refractivity contribution in [3.63, 3.8) is 0 Å². The maximum absolute atomic E-state index is 13.7. The van der Waals surface area contributed by atoms with Crippen molar-refractivity contribution < 1.29 is 4.79 Å². The van der Waals surface area contributed by atoms with Crippen molar-refractivity contribution in [1.29, 1.82) is 0 Å². The Morgan fingerprint density at radius 2 is 0.950 bits per heavy atom. The van der Waals surface area contributed by atoms with Crippen LogP contribution in [-0.2, 0) is 4.79 Å². The lowest BCUT2D eigenvalue weighted by atomic mass is 9.71. The average Bonchev–Trinajstić information content (AvgIpc) is 3.55. The molecule has 2 heterocycles. The summed E-state index contributed by atoms with van der Waals surface area (Å²) in [6, 6.07) is 24.7. The first-order valence-corrected chi connectivity index (χ1v) is 15.7. The number of hydrogen-bond acceptors (Lipinski definition) is 3. The molecule has 5 heteroatoms. The number of carbonyl (C=O) groups is 1. The number of benzene rings is 2. The van der Waals surface area contributed by atoms with Gasteiger partial charge in [0.05, 0.1) is 0 Å². The third-order valence-corrected chi connectivity index (χ3v) is 9.76. The lowest BCUT2D eigenvalue weighted by Gasteiger charge is -2.32. The monoisotopic (exact) mass is 602 g/mol. The minimum absolute atomic E-state index is 0.143. The fraction of sp³-hybridized carbons (Fsp3) is 0.229. The van der Waals surface area contributed by atoms with Crippen molar-refractivity contribution in [2.75, 3.05) is 0 Å². The van der Waals surface area contributed by atoms with Crippen LogP contribution in [0.25, 0.3) is 26.5 Å². The van der Waals surface area contributed by atoms with Crippen LogP contribution in [0.4, 0.5) is 0 Å². The van der Waals surface area contributed by atoms with Gasteiger partial charge in [-0.1, -0.05) is 89.0 Å². The molecule has 0 atom stereocenters. The molecule has 1 aliphatic carbocycles. The van der Waals surface area contributed by atoms with Gasteiger partial charge >= 0.3 is 0 Å². The zero-order valence-electron chi connectivity index (χ0n) is 23.6. The van der Waals surface area contributed by atoms with Gasteiger partial charge in [0.2, 0.25) is 0 Å². The number of hydrogen-bond donors (Lipinski definition) is 0. The normalized spacial score (nSPS) is 14.3. The molecule has 204 valence electrons. The minimum Gasteiger partial charge on any atom is -0.289 e. The van der Waals surface area contributed by atoms with Crippen LogP contribution < -0.4 is 0 Å². The van der Waals surface area contributed by atoms with Gasteiger partial charge in [-0.2, -0.15) is 0 Å². The van der Waals surface area contributed by atoms with E-state index in [9.17, 15) is 4.79 Å². The molecule has 0 N–H and O–H groups in total. The molecule has 0 aliphatic heterocycles. The largest absolute Gasteiger partial charge is 0.289 e. The first-order valence-electron chi connectivity index (χ1n) is 13.3. The molecular formula is C35H32Cl2OS2. The highest BCUT2D eigenvalue weighted by Gasteiger charge is 2.35. The van der Waals surface area contributed by atoms with Crippen LogP contribution >= 0.6 is 45.9 Å². The summed E-state index contributed by atoms with van der Waals surface area (Å²) in [5, 5.41) is 1.45. The van der Waals surface area contributed by atoms with Gasteiger partial charge in [-0.25, -0.2) is 0 Å². The summed E-state index contributed by atoms with van der Waals surface area (Å²) in [7, 11) is 0. The van der Waals surface area contributed by atoms with E-state index in [0.717, 1.165) is 53.2 Å². The summed E-state index contributed by atoms with van der Waals surface area (Å²) in [5.41, 5.74) is 5.60. The Hall–Kier alpha value is -2.69. The molecule has 0 amide bonds. The average molecular weight is 604 g/mol. The SMILES string of the molecule is CC(C)(C)C1=CC(=C(c2ccc(-c3ccc(Cl)cc3)s2)c2ccc(-c3ccc(Cl)cc3)s2)C=C(C(C)(C)C)C1=O. The van der Waals surface area contributed by atoms with Crippen LogP contribution in [0.5, 0.6) is 0 Å². The fourth-order valence-corrected chi connectivity index (χ4v) is 7.28. The summed E-state index contributed by atoms with van der Waals surface area (Å²) in [5.74, 6) is 0.143. The van der Waals surface area contributed by atoms with Crippen LogP contribution in [0.2, 0.25) is 10.0 Å². The molecule has 2 aromatic carbocycles. The van der Waals surface area contributed by atoms with Crippen molar-refractivity contribution in [1.82, 2.24) is 0 Å².